The highest BCUT2D eigenvalue weighted by Gasteiger charge is 2.24. The lowest BCUT2D eigenvalue weighted by Crippen LogP contribution is -2.41. The van der Waals surface area contributed by atoms with Gasteiger partial charge in [-0.2, -0.15) is 4.37 Å². The largest absolute Gasteiger partial charge is 0.365 e. The zero-order valence-electron chi connectivity index (χ0n) is 14.4. The zero-order chi connectivity index (χ0) is 19.2. The maximum Gasteiger partial charge on any atom is 0.319 e. The SMILES string of the molecule is NN=Nc1snc(C2=CC=CC(NC(=O)NC3=CC=CCC3)C2)c1C(N)=O. The minimum Gasteiger partial charge on any atom is -0.365 e. The molecule has 9 nitrogen and oxygen atoms in total. The van der Waals surface area contributed by atoms with Gasteiger partial charge in [-0.1, -0.05) is 35.6 Å². The number of nitrogens with two attached hydrogens (primary N) is 2. The number of primary amides is 1. The van der Waals surface area contributed by atoms with Crippen LogP contribution < -0.4 is 22.2 Å². The van der Waals surface area contributed by atoms with Gasteiger partial charge < -0.3 is 22.2 Å². The third-order valence-corrected chi connectivity index (χ3v) is 4.79. The fourth-order valence-corrected chi connectivity index (χ4v) is 3.61. The highest BCUT2D eigenvalue weighted by molar-refractivity contribution is 7.10. The van der Waals surface area contributed by atoms with E-state index in [-0.39, 0.29) is 22.6 Å². The normalized spacial score (nSPS) is 18.9. The first kappa shape index (κ1) is 18.5. The molecule has 10 heteroatoms. The fourth-order valence-electron chi connectivity index (χ4n) is 2.85. The number of nitrogens with zero attached hydrogens (tertiary/aromatic N) is 3. The molecule has 2 aliphatic carbocycles. The summed E-state index contributed by atoms with van der Waals surface area (Å²) in [4.78, 5) is 24.0. The Kier molecular flexibility index (Phi) is 5.77. The molecule has 3 rings (SSSR count). The number of nitrogens with one attached hydrogen (secondary N) is 2. The van der Waals surface area contributed by atoms with Crippen molar-refractivity contribution in [2.75, 3.05) is 0 Å². The Morgan fingerprint density at radius 2 is 2.15 bits per heavy atom. The molecule has 1 heterocycles. The molecular weight excluding hydrogens is 366 g/mol. The molecule has 6 N–H and O–H groups in total. The number of rotatable bonds is 5. The Bertz CT molecular complexity index is 895. The summed E-state index contributed by atoms with van der Waals surface area (Å²) >= 11 is 0.991. The number of aromatic nitrogens is 1. The van der Waals surface area contributed by atoms with Crippen molar-refractivity contribution in [2.45, 2.75) is 25.3 Å². The molecular formula is C17H19N7O2S. The second-order valence-corrected chi connectivity index (χ2v) is 6.69. The third kappa shape index (κ3) is 4.47. The highest BCUT2D eigenvalue weighted by Crippen LogP contribution is 2.34. The number of hydrogen-bond donors (Lipinski definition) is 4. The molecule has 0 saturated carbocycles. The zero-order valence-corrected chi connectivity index (χ0v) is 15.2. The fraction of sp³-hybridized carbons (Fsp3) is 0.235. The Labute approximate surface area is 159 Å². The average molecular weight is 385 g/mol. The van der Waals surface area contributed by atoms with Crippen LogP contribution in [0.2, 0.25) is 0 Å². The van der Waals surface area contributed by atoms with Gasteiger partial charge in [0.25, 0.3) is 5.91 Å². The van der Waals surface area contributed by atoms with E-state index in [1.54, 1.807) is 6.08 Å². The van der Waals surface area contributed by atoms with Crippen LogP contribution in [0, 0.1) is 0 Å². The molecule has 140 valence electrons. The summed E-state index contributed by atoms with van der Waals surface area (Å²) in [6.45, 7) is 0. The van der Waals surface area contributed by atoms with Crippen molar-refractivity contribution >= 4 is 34.0 Å². The Hall–Kier alpha value is -3.27. The second-order valence-electron chi connectivity index (χ2n) is 5.94. The minimum atomic E-state index is -0.656. The molecule has 0 bridgehead atoms. The molecule has 2 aliphatic rings. The summed E-state index contributed by atoms with van der Waals surface area (Å²) in [5.74, 6) is 4.41. The van der Waals surface area contributed by atoms with E-state index in [1.165, 1.54) is 0 Å². The van der Waals surface area contributed by atoms with E-state index >= 15 is 0 Å². The standard InChI is InChI=1S/C17H19N7O2S/c18-15(25)13-14(23-27-16(13)22-24-19)10-5-4-8-12(9-10)21-17(26)20-11-6-2-1-3-7-11/h1-2,4-6,8,12H,3,7,9H2,(H2,18,25)(H2,19,22)(H2,20,21,26). The van der Waals surface area contributed by atoms with Gasteiger partial charge in [0.05, 0.1) is 11.7 Å². The van der Waals surface area contributed by atoms with E-state index in [1.807, 2.05) is 30.4 Å². The molecule has 0 aliphatic heterocycles. The van der Waals surface area contributed by atoms with Crippen molar-refractivity contribution < 1.29 is 9.59 Å². The summed E-state index contributed by atoms with van der Waals surface area (Å²) in [5, 5.41) is 12.9. The lowest BCUT2D eigenvalue weighted by Gasteiger charge is -2.20. The number of hydrogen-bond acceptors (Lipinski definition) is 6. The van der Waals surface area contributed by atoms with E-state index in [2.05, 4.69) is 25.3 Å². The van der Waals surface area contributed by atoms with Gasteiger partial charge in [0.15, 0.2) is 5.00 Å². The number of carbonyl (C=O) groups excluding carboxylic acids is 2. The van der Waals surface area contributed by atoms with E-state index in [4.69, 9.17) is 11.6 Å². The van der Waals surface area contributed by atoms with Gasteiger partial charge >= 0.3 is 6.03 Å². The quantitative estimate of drug-likeness (QED) is 0.350. The van der Waals surface area contributed by atoms with Crippen molar-refractivity contribution in [1.29, 1.82) is 0 Å². The van der Waals surface area contributed by atoms with Gasteiger partial charge in [-0.25, -0.2) is 4.79 Å². The van der Waals surface area contributed by atoms with Gasteiger partial charge in [0.1, 0.15) is 5.56 Å². The minimum absolute atomic E-state index is 0.179. The molecule has 27 heavy (non-hydrogen) atoms. The topological polar surface area (TPSA) is 148 Å². The van der Waals surface area contributed by atoms with Gasteiger partial charge in [-0.15, -0.1) is 5.11 Å². The van der Waals surface area contributed by atoms with Gasteiger partial charge in [-0.3, -0.25) is 4.79 Å². The predicted molar refractivity (Wildman–Crippen MR) is 103 cm³/mol. The van der Waals surface area contributed by atoms with Crippen LogP contribution in [0.15, 0.2) is 52.5 Å². The smallest absolute Gasteiger partial charge is 0.319 e. The summed E-state index contributed by atoms with van der Waals surface area (Å²) < 4.78 is 4.27. The lowest BCUT2D eigenvalue weighted by molar-refractivity contribution is 0.100. The monoisotopic (exact) mass is 385 g/mol. The highest BCUT2D eigenvalue weighted by atomic mass is 32.1. The molecule has 0 aromatic carbocycles. The summed E-state index contributed by atoms with van der Waals surface area (Å²) in [5.41, 5.74) is 7.72. The lowest BCUT2D eigenvalue weighted by atomic mass is 9.95. The van der Waals surface area contributed by atoms with Crippen molar-refractivity contribution in [2.24, 2.45) is 21.9 Å². The first-order chi connectivity index (χ1) is 13.1. The summed E-state index contributed by atoms with van der Waals surface area (Å²) in [7, 11) is 0. The summed E-state index contributed by atoms with van der Waals surface area (Å²) in [6.07, 6.45) is 13.5. The Balaban J connectivity index is 1.70. The second kappa shape index (κ2) is 8.41. The molecule has 0 radical (unpaired) electrons. The maximum atomic E-state index is 12.2. The first-order valence-corrected chi connectivity index (χ1v) is 9.07. The van der Waals surface area contributed by atoms with Crippen molar-refractivity contribution in [3.05, 3.63) is 53.4 Å². The van der Waals surface area contributed by atoms with Crippen LogP contribution in [-0.2, 0) is 0 Å². The number of allylic oxidation sites excluding steroid dienone is 6. The predicted octanol–water partition coefficient (Wildman–Crippen LogP) is 2.44. The average Bonchev–Trinajstić information content (AvgIpc) is 3.07. The van der Waals surface area contributed by atoms with Crippen LogP contribution in [0.1, 0.15) is 35.3 Å². The molecule has 0 spiro atoms. The Morgan fingerprint density at radius 1 is 1.30 bits per heavy atom. The van der Waals surface area contributed by atoms with Gasteiger partial charge in [0.2, 0.25) is 0 Å². The van der Waals surface area contributed by atoms with Crippen LogP contribution in [0.3, 0.4) is 0 Å². The van der Waals surface area contributed by atoms with Gasteiger partial charge in [-0.05, 0) is 42.4 Å². The molecule has 0 saturated heterocycles. The Morgan fingerprint density at radius 3 is 2.85 bits per heavy atom. The number of urea groups is 1. The molecule has 1 atom stereocenters. The van der Waals surface area contributed by atoms with Crippen LogP contribution in [0.25, 0.3) is 5.57 Å². The van der Waals surface area contributed by atoms with Crippen LogP contribution in [0.4, 0.5) is 9.80 Å². The summed E-state index contributed by atoms with van der Waals surface area (Å²) in [6, 6.07) is -0.523. The van der Waals surface area contributed by atoms with Crippen LogP contribution in [0.5, 0.6) is 0 Å². The first-order valence-electron chi connectivity index (χ1n) is 8.30. The van der Waals surface area contributed by atoms with E-state index < -0.39 is 5.91 Å². The molecule has 0 fully saturated rings. The van der Waals surface area contributed by atoms with Crippen molar-refractivity contribution in [3.8, 4) is 0 Å². The van der Waals surface area contributed by atoms with E-state index in [9.17, 15) is 9.59 Å². The molecule has 1 aromatic heterocycles. The maximum absolute atomic E-state index is 12.2. The number of carbonyl (C=O) groups is 2. The molecule has 1 aromatic rings. The van der Waals surface area contributed by atoms with E-state index in [0.717, 1.165) is 35.6 Å². The van der Waals surface area contributed by atoms with Crippen molar-refractivity contribution in [1.82, 2.24) is 15.0 Å². The van der Waals surface area contributed by atoms with Crippen molar-refractivity contribution in [3.63, 3.8) is 0 Å². The van der Waals surface area contributed by atoms with E-state index in [0.29, 0.717) is 12.1 Å². The van der Waals surface area contributed by atoms with Crippen LogP contribution >= 0.6 is 11.5 Å². The van der Waals surface area contributed by atoms with Crippen LogP contribution in [-0.4, -0.2) is 22.4 Å². The molecule has 3 amide bonds. The number of amides is 3. The van der Waals surface area contributed by atoms with Gasteiger partial charge in [0, 0.05) is 5.70 Å². The molecule has 1 unspecified atom stereocenters. The third-order valence-electron chi connectivity index (χ3n) is 4.06.